The summed E-state index contributed by atoms with van der Waals surface area (Å²) in [7, 11) is 0. The zero-order valence-corrected chi connectivity index (χ0v) is 18.3. The fourth-order valence-electron chi connectivity index (χ4n) is 3.98. The summed E-state index contributed by atoms with van der Waals surface area (Å²) in [6, 6.07) is 5.87. The number of piperidine rings is 1. The molecule has 168 valence electrons. The standard InChI is InChI=1S/C23H31N3O5/c1-3-4-15-31-16-5-12-25-22(27)20(18-6-8-19(9-7-18)26(29)30)21(23(25)28)24-13-10-17(2)11-14-24/h6-9,17H,3-5,10-16H2,1-2H3. The third-order valence-electron chi connectivity index (χ3n) is 5.92. The lowest BCUT2D eigenvalue weighted by atomic mass is 9.97. The highest BCUT2D eigenvalue weighted by atomic mass is 16.6. The van der Waals surface area contributed by atoms with Crippen molar-refractivity contribution in [3.63, 3.8) is 0 Å². The highest BCUT2D eigenvalue weighted by molar-refractivity contribution is 6.35. The molecule has 0 aliphatic carbocycles. The Morgan fingerprint density at radius 1 is 1.06 bits per heavy atom. The molecule has 1 fully saturated rings. The molecule has 0 aromatic heterocycles. The van der Waals surface area contributed by atoms with Gasteiger partial charge in [-0.3, -0.25) is 24.6 Å². The monoisotopic (exact) mass is 429 g/mol. The van der Waals surface area contributed by atoms with Crippen LogP contribution in [0, 0.1) is 16.0 Å². The Bertz CT molecular complexity index is 841. The second-order valence-corrected chi connectivity index (χ2v) is 8.28. The summed E-state index contributed by atoms with van der Waals surface area (Å²) in [6.07, 6.45) is 4.56. The van der Waals surface area contributed by atoms with E-state index in [1.807, 2.05) is 4.90 Å². The Kier molecular flexibility index (Phi) is 7.79. The molecule has 8 nitrogen and oxygen atoms in total. The van der Waals surface area contributed by atoms with E-state index in [1.165, 1.54) is 17.0 Å². The molecule has 1 aromatic rings. The van der Waals surface area contributed by atoms with Crippen LogP contribution in [0.4, 0.5) is 5.69 Å². The minimum atomic E-state index is -0.475. The van der Waals surface area contributed by atoms with Gasteiger partial charge in [0.15, 0.2) is 0 Å². The van der Waals surface area contributed by atoms with Gasteiger partial charge in [0.05, 0.1) is 10.5 Å². The van der Waals surface area contributed by atoms with Gasteiger partial charge in [0.1, 0.15) is 5.70 Å². The van der Waals surface area contributed by atoms with Crippen LogP contribution in [-0.4, -0.2) is 59.4 Å². The van der Waals surface area contributed by atoms with Gasteiger partial charge in [-0.1, -0.05) is 20.3 Å². The van der Waals surface area contributed by atoms with Gasteiger partial charge in [-0.25, -0.2) is 0 Å². The van der Waals surface area contributed by atoms with Crippen LogP contribution in [-0.2, 0) is 14.3 Å². The van der Waals surface area contributed by atoms with Crippen molar-refractivity contribution in [2.24, 2.45) is 5.92 Å². The van der Waals surface area contributed by atoms with Crippen LogP contribution in [0.5, 0.6) is 0 Å². The second-order valence-electron chi connectivity index (χ2n) is 8.28. The number of imide groups is 1. The molecule has 1 aromatic carbocycles. The topological polar surface area (TPSA) is 93.0 Å². The van der Waals surface area contributed by atoms with Crippen molar-refractivity contribution >= 4 is 23.1 Å². The number of rotatable bonds is 10. The predicted molar refractivity (Wildman–Crippen MR) is 117 cm³/mol. The van der Waals surface area contributed by atoms with Gasteiger partial charge in [-0.05, 0) is 49.3 Å². The van der Waals surface area contributed by atoms with Crippen molar-refractivity contribution in [3.8, 4) is 0 Å². The Labute approximate surface area is 183 Å². The molecule has 0 spiro atoms. The molecule has 2 aliphatic heterocycles. The zero-order chi connectivity index (χ0) is 22.4. The van der Waals surface area contributed by atoms with Gasteiger partial charge < -0.3 is 9.64 Å². The largest absolute Gasteiger partial charge is 0.381 e. The van der Waals surface area contributed by atoms with Gasteiger partial charge >= 0.3 is 0 Å². The highest BCUT2D eigenvalue weighted by Crippen LogP contribution is 2.34. The molecule has 3 rings (SSSR count). The number of nitro benzene ring substituents is 1. The zero-order valence-electron chi connectivity index (χ0n) is 18.3. The number of non-ortho nitro benzene ring substituents is 1. The molecule has 0 saturated carbocycles. The quantitative estimate of drug-likeness (QED) is 0.244. The summed E-state index contributed by atoms with van der Waals surface area (Å²) in [6.45, 7) is 7.21. The molecule has 0 unspecified atom stereocenters. The summed E-state index contributed by atoms with van der Waals surface area (Å²) in [5.41, 5.74) is 1.27. The third-order valence-corrected chi connectivity index (χ3v) is 5.92. The first kappa shape index (κ1) is 22.9. The van der Waals surface area contributed by atoms with Crippen molar-refractivity contribution in [2.45, 2.75) is 46.0 Å². The third kappa shape index (κ3) is 5.31. The highest BCUT2D eigenvalue weighted by Gasteiger charge is 2.41. The van der Waals surface area contributed by atoms with E-state index in [9.17, 15) is 19.7 Å². The lowest BCUT2D eigenvalue weighted by Gasteiger charge is -2.32. The fourth-order valence-corrected chi connectivity index (χ4v) is 3.98. The molecule has 0 radical (unpaired) electrons. The van der Waals surface area contributed by atoms with E-state index in [1.54, 1.807) is 12.1 Å². The summed E-state index contributed by atoms with van der Waals surface area (Å²) >= 11 is 0. The lowest BCUT2D eigenvalue weighted by Crippen LogP contribution is -2.39. The first-order valence-corrected chi connectivity index (χ1v) is 11.1. The molecule has 1 saturated heterocycles. The molecule has 0 atom stereocenters. The molecule has 0 bridgehead atoms. The van der Waals surface area contributed by atoms with Crippen molar-refractivity contribution in [2.75, 3.05) is 32.8 Å². The Morgan fingerprint density at radius 3 is 2.32 bits per heavy atom. The smallest absolute Gasteiger partial charge is 0.277 e. The van der Waals surface area contributed by atoms with Crippen LogP contribution in [0.15, 0.2) is 30.0 Å². The molecule has 0 N–H and O–H groups in total. The molecule has 2 aliphatic rings. The first-order chi connectivity index (χ1) is 14.9. The fraction of sp³-hybridized carbons (Fsp3) is 0.565. The maximum atomic E-state index is 13.3. The van der Waals surface area contributed by atoms with Gasteiger partial charge in [0.2, 0.25) is 0 Å². The Morgan fingerprint density at radius 2 is 1.71 bits per heavy atom. The number of ether oxygens (including phenoxy) is 1. The number of hydrogen-bond donors (Lipinski definition) is 0. The molecular weight excluding hydrogens is 398 g/mol. The van der Waals surface area contributed by atoms with E-state index in [0.717, 1.165) is 38.8 Å². The van der Waals surface area contributed by atoms with Crippen LogP contribution in [0.3, 0.4) is 0 Å². The molecule has 31 heavy (non-hydrogen) atoms. The van der Waals surface area contributed by atoms with Crippen molar-refractivity contribution in [1.29, 1.82) is 0 Å². The van der Waals surface area contributed by atoms with Gasteiger partial charge in [0, 0.05) is 45.0 Å². The van der Waals surface area contributed by atoms with Gasteiger partial charge in [-0.15, -0.1) is 0 Å². The number of hydrogen-bond acceptors (Lipinski definition) is 6. The van der Waals surface area contributed by atoms with Crippen molar-refractivity contribution in [3.05, 3.63) is 45.6 Å². The minimum Gasteiger partial charge on any atom is -0.381 e. The predicted octanol–water partition coefficient (Wildman–Crippen LogP) is 3.61. The van der Waals surface area contributed by atoms with Gasteiger partial charge in [-0.2, -0.15) is 0 Å². The summed E-state index contributed by atoms with van der Waals surface area (Å²) < 4.78 is 5.57. The van der Waals surface area contributed by atoms with E-state index in [-0.39, 0.29) is 17.5 Å². The van der Waals surface area contributed by atoms with Crippen LogP contribution in [0.1, 0.15) is 51.5 Å². The van der Waals surface area contributed by atoms with Crippen LogP contribution < -0.4 is 0 Å². The van der Waals surface area contributed by atoms with E-state index >= 15 is 0 Å². The number of nitrogens with zero attached hydrogens (tertiary/aromatic N) is 3. The van der Waals surface area contributed by atoms with Crippen LogP contribution in [0.2, 0.25) is 0 Å². The van der Waals surface area contributed by atoms with E-state index in [4.69, 9.17) is 4.74 Å². The maximum absolute atomic E-state index is 13.3. The van der Waals surface area contributed by atoms with E-state index in [0.29, 0.717) is 48.9 Å². The van der Waals surface area contributed by atoms with Crippen LogP contribution >= 0.6 is 0 Å². The van der Waals surface area contributed by atoms with Crippen molar-refractivity contribution in [1.82, 2.24) is 9.80 Å². The number of amides is 2. The SMILES string of the molecule is CCCCOCCCN1C(=O)C(c2ccc([N+](=O)[O-])cc2)=C(N2CCC(C)CC2)C1=O. The van der Waals surface area contributed by atoms with E-state index in [2.05, 4.69) is 13.8 Å². The Balaban J connectivity index is 1.82. The molecule has 2 heterocycles. The first-order valence-electron chi connectivity index (χ1n) is 11.1. The normalized spacial score (nSPS) is 17.7. The number of nitro groups is 1. The number of carbonyl (C=O) groups is 2. The van der Waals surface area contributed by atoms with Crippen LogP contribution in [0.25, 0.3) is 5.57 Å². The average Bonchev–Trinajstić information content (AvgIpc) is 3.01. The van der Waals surface area contributed by atoms with E-state index < -0.39 is 4.92 Å². The Hall–Kier alpha value is -2.74. The molecule has 8 heteroatoms. The maximum Gasteiger partial charge on any atom is 0.277 e. The summed E-state index contributed by atoms with van der Waals surface area (Å²) in [4.78, 5) is 40.4. The number of benzene rings is 1. The lowest BCUT2D eigenvalue weighted by molar-refractivity contribution is -0.384. The average molecular weight is 430 g/mol. The molecular formula is C23H31N3O5. The van der Waals surface area contributed by atoms with Gasteiger partial charge in [0.25, 0.3) is 17.5 Å². The summed E-state index contributed by atoms with van der Waals surface area (Å²) in [5, 5.41) is 11.0. The second kappa shape index (κ2) is 10.5. The minimum absolute atomic E-state index is 0.0458. The number of likely N-dealkylation sites (tertiary alicyclic amines) is 1. The summed E-state index contributed by atoms with van der Waals surface area (Å²) in [5.74, 6) is -0.0225. The van der Waals surface area contributed by atoms with Crippen molar-refractivity contribution < 1.29 is 19.2 Å². The number of unbranched alkanes of at least 4 members (excludes halogenated alkanes) is 1. The number of carbonyl (C=O) groups excluding carboxylic acids is 2. The molecule has 2 amide bonds.